The third-order valence-electron chi connectivity index (χ3n) is 4.09. The van der Waals surface area contributed by atoms with Gasteiger partial charge in [0.05, 0.1) is 5.56 Å². The van der Waals surface area contributed by atoms with Crippen molar-refractivity contribution >= 4 is 0 Å². The number of halogens is 3. The van der Waals surface area contributed by atoms with Gasteiger partial charge in [0.25, 0.3) is 0 Å². The number of nitrogens with zero attached hydrogens (tertiary/aromatic N) is 1. The number of alkyl halides is 3. The van der Waals surface area contributed by atoms with Crippen molar-refractivity contribution in [1.82, 2.24) is 9.97 Å². The van der Waals surface area contributed by atoms with Crippen molar-refractivity contribution in [3.8, 4) is 17.1 Å². The fourth-order valence-corrected chi connectivity index (χ4v) is 2.92. The molecule has 0 aliphatic carbocycles. The maximum Gasteiger partial charge on any atom is 0.416 e. The van der Waals surface area contributed by atoms with Crippen LogP contribution in [0.3, 0.4) is 0 Å². The Morgan fingerprint density at radius 2 is 2.00 bits per heavy atom. The van der Waals surface area contributed by atoms with E-state index in [9.17, 15) is 13.2 Å². The molecule has 122 valence electrons. The van der Waals surface area contributed by atoms with Crippen LogP contribution in [-0.4, -0.2) is 9.97 Å². The molecule has 0 radical (unpaired) electrons. The van der Waals surface area contributed by atoms with Crippen LogP contribution >= 0.6 is 0 Å². The molecular weight excluding hydrogens is 317 g/mol. The van der Waals surface area contributed by atoms with Crippen LogP contribution in [0.5, 0.6) is 5.75 Å². The third kappa shape index (κ3) is 2.64. The van der Waals surface area contributed by atoms with Gasteiger partial charge in [0.1, 0.15) is 17.7 Å². The van der Waals surface area contributed by atoms with Gasteiger partial charge >= 0.3 is 6.18 Å². The molecule has 1 aromatic heterocycles. The first-order valence-electron chi connectivity index (χ1n) is 7.47. The van der Waals surface area contributed by atoms with Crippen LogP contribution < -0.4 is 4.74 Å². The number of H-pyrrole nitrogens is 1. The summed E-state index contributed by atoms with van der Waals surface area (Å²) in [6.07, 6.45) is -0.809. The average Bonchev–Trinajstić information content (AvgIpc) is 3.23. The van der Waals surface area contributed by atoms with E-state index in [0.717, 1.165) is 23.0 Å². The molecule has 1 atom stereocenters. The Hall–Kier alpha value is -2.76. The van der Waals surface area contributed by atoms with Gasteiger partial charge in [-0.25, -0.2) is 4.98 Å². The van der Waals surface area contributed by atoms with Crippen molar-refractivity contribution in [2.24, 2.45) is 0 Å². The van der Waals surface area contributed by atoms with E-state index in [0.29, 0.717) is 17.7 Å². The summed E-state index contributed by atoms with van der Waals surface area (Å²) in [7, 11) is 0. The Morgan fingerprint density at radius 1 is 1.12 bits per heavy atom. The summed E-state index contributed by atoms with van der Waals surface area (Å²) in [5, 5.41) is 0. The van der Waals surface area contributed by atoms with Gasteiger partial charge in [-0.05, 0) is 35.4 Å². The monoisotopic (exact) mass is 330 g/mol. The zero-order chi connectivity index (χ0) is 16.7. The SMILES string of the molecule is FC(F)(F)c1ccc2c(c1)CC(c1cccc(-c3ncc[nH]3)c1)O2. The first kappa shape index (κ1) is 14.8. The number of rotatable bonds is 2. The second-order valence-electron chi connectivity index (χ2n) is 5.69. The van der Waals surface area contributed by atoms with Gasteiger partial charge in [-0.3, -0.25) is 0 Å². The molecule has 4 rings (SSSR count). The minimum absolute atomic E-state index is 0.293. The zero-order valence-electron chi connectivity index (χ0n) is 12.5. The number of fused-ring (bicyclic) bond motifs is 1. The fourth-order valence-electron chi connectivity index (χ4n) is 2.92. The molecule has 2 heterocycles. The van der Waals surface area contributed by atoms with E-state index < -0.39 is 11.7 Å². The van der Waals surface area contributed by atoms with E-state index in [4.69, 9.17) is 4.74 Å². The highest BCUT2D eigenvalue weighted by atomic mass is 19.4. The average molecular weight is 330 g/mol. The Kier molecular flexibility index (Phi) is 3.33. The van der Waals surface area contributed by atoms with Crippen LogP contribution in [0.1, 0.15) is 22.8 Å². The smallest absolute Gasteiger partial charge is 0.416 e. The van der Waals surface area contributed by atoms with Gasteiger partial charge in [-0.15, -0.1) is 0 Å². The molecule has 0 saturated carbocycles. The summed E-state index contributed by atoms with van der Waals surface area (Å²) >= 11 is 0. The molecule has 2 aromatic carbocycles. The predicted octanol–water partition coefficient (Wildman–Crippen LogP) is 4.77. The number of hydrogen-bond donors (Lipinski definition) is 1. The van der Waals surface area contributed by atoms with Gasteiger partial charge in [0.2, 0.25) is 0 Å². The molecule has 1 N–H and O–H groups in total. The number of ether oxygens (including phenoxy) is 1. The lowest BCUT2D eigenvalue weighted by Gasteiger charge is -2.12. The van der Waals surface area contributed by atoms with Crippen molar-refractivity contribution in [3.05, 3.63) is 71.5 Å². The van der Waals surface area contributed by atoms with E-state index in [1.807, 2.05) is 24.3 Å². The minimum atomic E-state index is -4.34. The number of aromatic nitrogens is 2. The Morgan fingerprint density at radius 3 is 2.75 bits per heavy atom. The van der Waals surface area contributed by atoms with Gasteiger partial charge in [-0.1, -0.05) is 18.2 Å². The van der Waals surface area contributed by atoms with Crippen LogP contribution in [0, 0.1) is 0 Å². The lowest BCUT2D eigenvalue weighted by atomic mass is 10.0. The van der Waals surface area contributed by atoms with Crippen LogP contribution in [-0.2, 0) is 12.6 Å². The number of nitrogens with one attached hydrogen (secondary N) is 1. The molecular formula is C18H13F3N2O. The van der Waals surface area contributed by atoms with E-state index in [1.54, 1.807) is 12.4 Å². The van der Waals surface area contributed by atoms with Crippen LogP contribution in [0.25, 0.3) is 11.4 Å². The summed E-state index contributed by atoms with van der Waals surface area (Å²) in [6.45, 7) is 0. The summed E-state index contributed by atoms with van der Waals surface area (Å²) in [5.41, 5.74) is 1.76. The summed E-state index contributed by atoms with van der Waals surface area (Å²) in [5.74, 6) is 1.25. The summed E-state index contributed by atoms with van der Waals surface area (Å²) in [6, 6.07) is 11.3. The van der Waals surface area contributed by atoms with E-state index in [1.165, 1.54) is 12.1 Å². The largest absolute Gasteiger partial charge is 0.485 e. The normalized spacial score (nSPS) is 16.7. The topological polar surface area (TPSA) is 37.9 Å². The van der Waals surface area contributed by atoms with Crippen molar-refractivity contribution in [2.75, 3.05) is 0 Å². The minimum Gasteiger partial charge on any atom is -0.485 e. The molecule has 24 heavy (non-hydrogen) atoms. The Labute approximate surface area is 136 Å². The van der Waals surface area contributed by atoms with Crippen LogP contribution in [0.4, 0.5) is 13.2 Å². The molecule has 3 nitrogen and oxygen atoms in total. The maximum atomic E-state index is 12.8. The maximum absolute atomic E-state index is 12.8. The van der Waals surface area contributed by atoms with Gasteiger partial charge in [-0.2, -0.15) is 13.2 Å². The molecule has 3 aromatic rings. The number of aromatic amines is 1. The van der Waals surface area contributed by atoms with Crippen LogP contribution in [0.15, 0.2) is 54.9 Å². The summed E-state index contributed by atoms with van der Waals surface area (Å²) < 4.78 is 44.3. The highest BCUT2D eigenvalue weighted by Crippen LogP contribution is 2.40. The second-order valence-corrected chi connectivity index (χ2v) is 5.69. The van der Waals surface area contributed by atoms with Gasteiger partial charge in [0.15, 0.2) is 0 Å². The molecule has 0 spiro atoms. The van der Waals surface area contributed by atoms with Crippen molar-refractivity contribution < 1.29 is 17.9 Å². The Bertz CT molecular complexity index is 872. The van der Waals surface area contributed by atoms with E-state index in [-0.39, 0.29) is 6.10 Å². The predicted molar refractivity (Wildman–Crippen MR) is 82.5 cm³/mol. The highest BCUT2D eigenvalue weighted by Gasteiger charge is 2.33. The molecule has 0 saturated heterocycles. The van der Waals surface area contributed by atoms with Crippen molar-refractivity contribution in [1.29, 1.82) is 0 Å². The lowest BCUT2D eigenvalue weighted by molar-refractivity contribution is -0.137. The first-order chi connectivity index (χ1) is 11.5. The molecule has 0 bridgehead atoms. The first-order valence-corrected chi connectivity index (χ1v) is 7.47. The van der Waals surface area contributed by atoms with Gasteiger partial charge in [0, 0.05) is 24.4 Å². The van der Waals surface area contributed by atoms with Crippen molar-refractivity contribution in [2.45, 2.75) is 18.7 Å². The standard InChI is InChI=1S/C18H13F3N2O/c19-18(20,21)14-4-5-15-13(9-14)10-16(24-15)11-2-1-3-12(8-11)17-22-6-7-23-17/h1-9,16H,10H2,(H,22,23). The Balaban J connectivity index is 1.62. The quantitative estimate of drug-likeness (QED) is 0.735. The molecule has 6 heteroatoms. The summed E-state index contributed by atoms with van der Waals surface area (Å²) in [4.78, 5) is 7.25. The molecule has 1 unspecified atom stereocenters. The molecule has 1 aliphatic rings. The molecule has 0 amide bonds. The van der Waals surface area contributed by atoms with Crippen molar-refractivity contribution in [3.63, 3.8) is 0 Å². The number of imidazole rings is 1. The number of hydrogen-bond acceptors (Lipinski definition) is 2. The van der Waals surface area contributed by atoms with Crippen LogP contribution in [0.2, 0.25) is 0 Å². The number of benzene rings is 2. The third-order valence-corrected chi connectivity index (χ3v) is 4.09. The van der Waals surface area contributed by atoms with E-state index in [2.05, 4.69) is 9.97 Å². The lowest BCUT2D eigenvalue weighted by Crippen LogP contribution is -2.04. The van der Waals surface area contributed by atoms with E-state index >= 15 is 0 Å². The molecule has 0 fully saturated rings. The highest BCUT2D eigenvalue weighted by molar-refractivity contribution is 5.56. The second kappa shape index (κ2) is 5.40. The molecule has 1 aliphatic heterocycles. The fraction of sp³-hybridized carbons (Fsp3) is 0.167. The zero-order valence-corrected chi connectivity index (χ0v) is 12.5. The van der Waals surface area contributed by atoms with Gasteiger partial charge < -0.3 is 9.72 Å².